The molecule has 0 unspecified atom stereocenters. The Morgan fingerprint density at radius 1 is 1.27 bits per heavy atom. The van der Waals surface area contributed by atoms with E-state index in [4.69, 9.17) is 10.2 Å². The molecule has 0 saturated heterocycles. The van der Waals surface area contributed by atoms with Crippen molar-refractivity contribution >= 4 is 29.2 Å². The zero-order valence-corrected chi connectivity index (χ0v) is 9.77. The summed E-state index contributed by atoms with van der Waals surface area (Å²) in [6.45, 7) is -0.722. The molecule has 90 valence electrons. The van der Waals surface area contributed by atoms with E-state index >= 15 is 0 Å². The van der Waals surface area contributed by atoms with Gasteiger partial charge in [-0.2, -0.15) is 0 Å². The van der Waals surface area contributed by atoms with Crippen LogP contribution in [0.2, 0.25) is 0 Å². The highest BCUT2D eigenvalue weighted by Crippen LogP contribution is 2.09. The van der Waals surface area contributed by atoms with E-state index in [1.807, 2.05) is 0 Å². The van der Waals surface area contributed by atoms with Crippen LogP contribution in [0.15, 0.2) is 0 Å². The van der Waals surface area contributed by atoms with Crippen LogP contribution in [0, 0.1) is 0 Å². The molecule has 0 aliphatic heterocycles. The fraction of sp³-hybridized carbons (Fsp3) is 0.857. The van der Waals surface area contributed by atoms with Gasteiger partial charge in [-0.25, -0.2) is 0 Å². The molecule has 0 aromatic rings. The molecule has 4 atom stereocenters. The molecule has 15 heavy (non-hydrogen) atoms. The predicted molar refractivity (Wildman–Crippen MR) is 60.5 cm³/mol. The van der Waals surface area contributed by atoms with Crippen LogP contribution in [0.25, 0.3) is 0 Å². The number of aliphatic hydroxyl groups excluding tert-OH is 5. The Morgan fingerprint density at radius 2 is 1.73 bits per heavy atom. The van der Waals surface area contributed by atoms with Crippen molar-refractivity contribution in [2.24, 2.45) is 0 Å². The smallest absolute Gasteiger partial charge is 0.156 e. The first-order valence-electron chi connectivity index (χ1n) is 4.11. The second-order valence-electron chi connectivity index (χ2n) is 3.04. The Bertz CT molecular complexity index is 218. The summed E-state index contributed by atoms with van der Waals surface area (Å²) in [5.41, 5.74) is 0. The Balaban J connectivity index is 4.42. The van der Waals surface area contributed by atoms with Crippen LogP contribution in [0.1, 0.15) is 0 Å². The molecular formula is C7H15NO5S2. The molecule has 0 aromatic carbocycles. The van der Waals surface area contributed by atoms with Gasteiger partial charge >= 0.3 is 0 Å². The van der Waals surface area contributed by atoms with Gasteiger partial charge in [0, 0.05) is 7.05 Å². The molecule has 0 radical (unpaired) electrons. The van der Waals surface area contributed by atoms with E-state index in [0.717, 1.165) is 4.90 Å². The van der Waals surface area contributed by atoms with Gasteiger partial charge in [0.1, 0.15) is 22.6 Å². The second-order valence-corrected chi connectivity index (χ2v) is 4.15. The minimum Gasteiger partial charge on any atom is -0.394 e. The Hall–Kier alpha value is 0.0400. The number of nitrogens with zero attached hydrogens (tertiary/aromatic N) is 1. The van der Waals surface area contributed by atoms with Gasteiger partial charge in [0.25, 0.3) is 0 Å². The van der Waals surface area contributed by atoms with Crippen LogP contribution in [0.3, 0.4) is 0 Å². The van der Waals surface area contributed by atoms with E-state index in [9.17, 15) is 15.3 Å². The maximum Gasteiger partial charge on any atom is 0.156 e. The fourth-order valence-electron chi connectivity index (χ4n) is 0.854. The fourth-order valence-corrected chi connectivity index (χ4v) is 1.08. The van der Waals surface area contributed by atoms with Crippen LogP contribution < -0.4 is 0 Å². The van der Waals surface area contributed by atoms with Crippen LogP contribution in [-0.2, 0) is 0 Å². The van der Waals surface area contributed by atoms with E-state index in [0.29, 0.717) is 0 Å². The summed E-state index contributed by atoms with van der Waals surface area (Å²) in [6.07, 6.45) is -6.37. The lowest BCUT2D eigenvalue weighted by molar-refractivity contribution is -0.138. The average Bonchev–Trinajstić information content (AvgIpc) is 2.23. The molecule has 0 aromatic heterocycles. The molecule has 0 fully saturated rings. The molecule has 0 aliphatic rings. The monoisotopic (exact) mass is 257 g/mol. The first-order chi connectivity index (χ1) is 6.82. The van der Waals surface area contributed by atoms with E-state index in [1.54, 1.807) is 0 Å². The number of thiocarbonyl (C=S) groups is 1. The van der Waals surface area contributed by atoms with Gasteiger partial charge in [0.2, 0.25) is 0 Å². The van der Waals surface area contributed by atoms with Gasteiger partial charge in [0.05, 0.1) is 6.61 Å². The van der Waals surface area contributed by atoms with E-state index in [1.165, 1.54) is 7.05 Å². The third kappa shape index (κ3) is 4.19. The minimum atomic E-state index is -1.67. The number of thiol groups is 1. The lowest BCUT2D eigenvalue weighted by Crippen LogP contribution is -2.52. The van der Waals surface area contributed by atoms with E-state index < -0.39 is 31.1 Å². The van der Waals surface area contributed by atoms with Crippen molar-refractivity contribution < 1.29 is 25.5 Å². The first kappa shape index (κ1) is 15.0. The number of rotatable bonds is 5. The Kier molecular flexibility index (Phi) is 6.60. The summed E-state index contributed by atoms with van der Waals surface area (Å²) in [7, 11) is 1.36. The zero-order valence-electron chi connectivity index (χ0n) is 8.06. The molecule has 5 N–H and O–H groups in total. The third-order valence-corrected chi connectivity index (χ3v) is 2.54. The SMILES string of the molecule is CN(C(=S)S)[C@@H](O)[C@H](O)[C@@H](O)[C@@H](O)CO. The summed E-state index contributed by atoms with van der Waals surface area (Å²) in [4.78, 5) is 1.04. The first-order valence-corrected chi connectivity index (χ1v) is 4.97. The molecule has 6 nitrogen and oxygen atoms in total. The molecule has 0 aliphatic carbocycles. The Morgan fingerprint density at radius 3 is 2.07 bits per heavy atom. The summed E-state index contributed by atoms with van der Waals surface area (Å²) in [5, 5.41) is 45.7. The zero-order chi connectivity index (χ0) is 12.2. The Labute approximate surface area is 98.2 Å². The quantitative estimate of drug-likeness (QED) is 0.184. The van der Waals surface area contributed by atoms with Gasteiger partial charge < -0.3 is 30.4 Å². The van der Waals surface area contributed by atoms with E-state index in [-0.39, 0.29) is 4.32 Å². The van der Waals surface area contributed by atoms with Gasteiger partial charge in [0.15, 0.2) is 6.23 Å². The van der Waals surface area contributed by atoms with Crippen LogP contribution >= 0.6 is 24.8 Å². The van der Waals surface area contributed by atoms with Crippen LogP contribution in [0.5, 0.6) is 0 Å². The molecule has 0 saturated carbocycles. The normalized spacial score (nSPS) is 19.1. The van der Waals surface area contributed by atoms with Crippen molar-refractivity contribution in [3.63, 3.8) is 0 Å². The van der Waals surface area contributed by atoms with E-state index in [2.05, 4.69) is 24.8 Å². The number of hydrogen-bond acceptors (Lipinski definition) is 6. The highest BCUT2D eigenvalue weighted by Gasteiger charge is 2.32. The second kappa shape index (κ2) is 6.59. The predicted octanol–water partition coefficient (Wildman–Crippen LogP) is -2.47. The van der Waals surface area contributed by atoms with Crippen molar-refractivity contribution in [1.82, 2.24) is 4.90 Å². The minimum absolute atomic E-state index is 0.0206. The lowest BCUT2D eigenvalue weighted by Gasteiger charge is -2.31. The number of aliphatic hydroxyl groups is 5. The topological polar surface area (TPSA) is 104 Å². The van der Waals surface area contributed by atoms with Gasteiger partial charge in [-0.1, -0.05) is 12.2 Å². The van der Waals surface area contributed by atoms with Gasteiger partial charge in [-0.05, 0) is 0 Å². The van der Waals surface area contributed by atoms with Crippen molar-refractivity contribution in [2.45, 2.75) is 24.5 Å². The third-order valence-electron chi connectivity index (χ3n) is 1.94. The van der Waals surface area contributed by atoms with Crippen LogP contribution in [0.4, 0.5) is 0 Å². The summed E-state index contributed by atoms with van der Waals surface area (Å²) in [5.74, 6) is 0. The maximum atomic E-state index is 9.46. The molecule has 0 amide bonds. The summed E-state index contributed by atoms with van der Waals surface area (Å²) >= 11 is 8.38. The average molecular weight is 257 g/mol. The number of likely N-dealkylation sites (N-methyl/N-ethyl adjacent to an activating group) is 1. The molecule has 0 bridgehead atoms. The summed E-state index contributed by atoms with van der Waals surface area (Å²) < 4.78 is 0.0206. The lowest BCUT2D eigenvalue weighted by atomic mass is 10.1. The van der Waals surface area contributed by atoms with Crippen molar-refractivity contribution in [3.8, 4) is 0 Å². The highest BCUT2D eigenvalue weighted by molar-refractivity contribution is 8.10. The van der Waals surface area contributed by atoms with Crippen molar-refractivity contribution in [1.29, 1.82) is 0 Å². The van der Waals surface area contributed by atoms with Crippen LogP contribution in [-0.4, -0.2) is 72.9 Å². The van der Waals surface area contributed by atoms with Gasteiger partial charge in [-0.3, -0.25) is 0 Å². The molecule has 0 heterocycles. The standard InChI is InChI=1S/C7H15NO5S2/c1-8(7(14)15)6(13)5(12)4(11)3(10)2-9/h3-6,9-13H,2H2,1H3,(H,14,15)/t3-,4-,5+,6-/m0/s1. The van der Waals surface area contributed by atoms with Gasteiger partial charge in [-0.15, -0.1) is 12.6 Å². The number of hydrogen-bond donors (Lipinski definition) is 6. The molecular weight excluding hydrogens is 242 g/mol. The molecule has 0 spiro atoms. The maximum absolute atomic E-state index is 9.46. The van der Waals surface area contributed by atoms with Crippen molar-refractivity contribution in [2.75, 3.05) is 13.7 Å². The highest BCUT2D eigenvalue weighted by atomic mass is 32.1. The largest absolute Gasteiger partial charge is 0.394 e. The molecule has 0 rings (SSSR count). The van der Waals surface area contributed by atoms with Crippen molar-refractivity contribution in [3.05, 3.63) is 0 Å². The summed E-state index contributed by atoms with van der Waals surface area (Å²) in [6, 6.07) is 0. The molecule has 8 heteroatoms.